The minimum absolute atomic E-state index is 0.00174. The van der Waals surface area contributed by atoms with Gasteiger partial charge in [0.05, 0.1) is 6.04 Å². The zero-order valence-electron chi connectivity index (χ0n) is 16.2. The van der Waals surface area contributed by atoms with E-state index in [1.807, 2.05) is 19.1 Å². The summed E-state index contributed by atoms with van der Waals surface area (Å²) in [4.78, 5) is 15.0. The van der Waals surface area contributed by atoms with Crippen molar-refractivity contribution < 1.29 is 4.79 Å². The SMILES string of the molecule is Cc1ccc([C@H](C)NC(=O)c2ccc(CN3CCC(C)CC3)cc2)cc1. The van der Waals surface area contributed by atoms with Crippen LogP contribution in [0, 0.1) is 12.8 Å². The molecular weight excluding hydrogens is 320 g/mol. The molecule has 1 aliphatic heterocycles. The number of aryl methyl sites for hydroxylation is 1. The first-order valence-electron chi connectivity index (χ1n) is 9.70. The number of nitrogens with one attached hydrogen (secondary N) is 1. The first-order chi connectivity index (χ1) is 12.5. The molecule has 0 aromatic heterocycles. The Morgan fingerprint density at radius 1 is 1.08 bits per heavy atom. The first-order valence-corrected chi connectivity index (χ1v) is 9.70. The van der Waals surface area contributed by atoms with Crippen LogP contribution in [-0.2, 0) is 6.54 Å². The van der Waals surface area contributed by atoms with E-state index >= 15 is 0 Å². The minimum atomic E-state index is -0.0172. The van der Waals surface area contributed by atoms with E-state index in [1.165, 1.54) is 37.1 Å². The number of piperidine rings is 1. The highest BCUT2D eigenvalue weighted by Gasteiger charge is 2.16. The predicted octanol–water partition coefficient (Wildman–Crippen LogP) is 4.72. The number of rotatable bonds is 5. The summed E-state index contributed by atoms with van der Waals surface area (Å²) in [5.41, 5.74) is 4.36. The molecule has 0 aliphatic carbocycles. The van der Waals surface area contributed by atoms with E-state index in [4.69, 9.17) is 0 Å². The summed E-state index contributed by atoms with van der Waals surface area (Å²) in [5.74, 6) is 0.837. The molecule has 0 radical (unpaired) electrons. The van der Waals surface area contributed by atoms with Gasteiger partial charge in [-0.1, -0.05) is 48.9 Å². The third-order valence-corrected chi connectivity index (χ3v) is 5.42. The van der Waals surface area contributed by atoms with Crippen LogP contribution < -0.4 is 5.32 Å². The lowest BCUT2D eigenvalue weighted by Gasteiger charge is -2.30. The number of carbonyl (C=O) groups is 1. The summed E-state index contributed by atoms with van der Waals surface area (Å²) in [5, 5.41) is 3.09. The summed E-state index contributed by atoms with van der Waals surface area (Å²) in [6.45, 7) is 9.76. The monoisotopic (exact) mass is 350 g/mol. The topological polar surface area (TPSA) is 32.3 Å². The molecule has 3 heteroatoms. The molecule has 1 heterocycles. The smallest absolute Gasteiger partial charge is 0.251 e. The Labute approximate surface area is 157 Å². The van der Waals surface area contributed by atoms with Crippen LogP contribution in [0.3, 0.4) is 0 Å². The Morgan fingerprint density at radius 3 is 2.31 bits per heavy atom. The van der Waals surface area contributed by atoms with Crippen molar-refractivity contribution >= 4 is 5.91 Å². The van der Waals surface area contributed by atoms with Crippen molar-refractivity contribution in [1.82, 2.24) is 10.2 Å². The fourth-order valence-electron chi connectivity index (χ4n) is 3.46. The number of amides is 1. The highest BCUT2D eigenvalue weighted by atomic mass is 16.1. The van der Waals surface area contributed by atoms with Crippen molar-refractivity contribution in [2.75, 3.05) is 13.1 Å². The van der Waals surface area contributed by atoms with Gasteiger partial charge in [-0.15, -0.1) is 0 Å². The van der Waals surface area contributed by atoms with Crippen LogP contribution in [0.1, 0.15) is 59.8 Å². The second kappa shape index (κ2) is 8.50. The predicted molar refractivity (Wildman–Crippen MR) is 107 cm³/mol. The van der Waals surface area contributed by atoms with Crippen molar-refractivity contribution in [2.24, 2.45) is 5.92 Å². The van der Waals surface area contributed by atoms with Crippen LogP contribution in [0.2, 0.25) is 0 Å². The Hall–Kier alpha value is -2.13. The zero-order valence-corrected chi connectivity index (χ0v) is 16.2. The summed E-state index contributed by atoms with van der Waals surface area (Å²) < 4.78 is 0. The molecule has 1 fully saturated rings. The van der Waals surface area contributed by atoms with Gasteiger partial charge >= 0.3 is 0 Å². The summed E-state index contributed by atoms with van der Waals surface area (Å²) in [6.07, 6.45) is 2.58. The van der Waals surface area contributed by atoms with Crippen LogP contribution >= 0.6 is 0 Å². The Kier molecular flexibility index (Phi) is 6.10. The molecule has 0 spiro atoms. The fourth-order valence-corrected chi connectivity index (χ4v) is 3.46. The van der Waals surface area contributed by atoms with Crippen LogP contribution in [0.25, 0.3) is 0 Å². The van der Waals surface area contributed by atoms with Gasteiger partial charge in [0.1, 0.15) is 0 Å². The minimum Gasteiger partial charge on any atom is -0.346 e. The van der Waals surface area contributed by atoms with Gasteiger partial charge in [-0.3, -0.25) is 9.69 Å². The van der Waals surface area contributed by atoms with Gasteiger partial charge in [-0.2, -0.15) is 0 Å². The second-order valence-corrected chi connectivity index (χ2v) is 7.76. The molecule has 3 rings (SSSR count). The number of benzene rings is 2. The van der Waals surface area contributed by atoms with Crippen molar-refractivity contribution in [2.45, 2.75) is 46.2 Å². The third kappa shape index (κ3) is 4.95. The average Bonchev–Trinajstić information content (AvgIpc) is 2.64. The van der Waals surface area contributed by atoms with E-state index in [9.17, 15) is 4.79 Å². The van der Waals surface area contributed by atoms with E-state index in [1.54, 1.807) is 0 Å². The van der Waals surface area contributed by atoms with Gasteiger partial charge in [0.15, 0.2) is 0 Å². The first kappa shape index (κ1) is 18.7. The molecule has 1 atom stereocenters. The quantitative estimate of drug-likeness (QED) is 0.846. The fraction of sp³-hybridized carbons (Fsp3) is 0.435. The van der Waals surface area contributed by atoms with Crippen molar-refractivity contribution in [3.63, 3.8) is 0 Å². The Morgan fingerprint density at radius 2 is 1.69 bits per heavy atom. The maximum Gasteiger partial charge on any atom is 0.251 e. The van der Waals surface area contributed by atoms with Crippen LogP contribution in [0.15, 0.2) is 48.5 Å². The van der Waals surface area contributed by atoms with Crippen molar-refractivity contribution in [3.05, 3.63) is 70.8 Å². The van der Waals surface area contributed by atoms with Crippen LogP contribution in [0.4, 0.5) is 0 Å². The molecule has 138 valence electrons. The number of hydrogen-bond donors (Lipinski definition) is 1. The lowest BCUT2D eigenvalue weighted by molar-refractivity contribution is 0.0940. The molecule has 26 heavy (non-hydrogen) atoms. The highest BCUT2D eigenvalue weighted by molar-refractivity contribution is 5.94. The van der Waals surface area contributed by atoms with Crippen LogP contribution in [0.5, 0.6) is 0 Å². The molecule has 1 aliphatic rings. The van der Waals surface area contributed by atoms with Gasteiger partial charge < -0.3 is 5.32 Å². The van der Waals surface area contributed by atoms with E-state index in [0.717, 1.165) is 23.6 Å². The number of likely N-dealkylation sites (tertiary alicyclic amines) is 1. The molecule has 0 saturated carbocycles. The molecule has 0 unspecified atom stereocenters. The summed E-state index contributed by atoms with van der Waals surface area (Å²) in [7, 11) is 0. The maximum absolute atomic E-state index is 12.5. The standard InChI is InChI=1S/C23H30N2O/c1-17-4-8-21(9-5-17)19(3)24-23(26)22-10-6-20(7-11-22)16-25-14-12-18(2)13-15-25/h4-11,18-19H,12-16H2,1-3H3,(H,24,26)/t19-/m0/s1. The summed E-state index contributed by atoms with van der Waals surface area (Å²) >= 11 is 0. The lowest BCUT2D eigenvalue weighted by atomic mass is 9.99. The van der Waals surface area contributed by atoms with E-state index in [2.05, 4.69) is 60.5 Å². The molecule has 3 nitrogen and oxygen atoms in total. The lowest BCUT2D eigenvalue weighted by Crippen LogP contribution is -2.32. The molecule has 2 aromatic carbocycles. The van der Waals surface area contributed by atoms with Gasteiger partial charge in [0, 0.05) is 12.1 Å². The third-order valence-electron chi connectivity index (χ3n) is 5.42. The molecule has 1 N–H and O–H groups in total. The number of carbonyl (C=O) groups excluding carboxylic acids is 1. The van der Waals surface area contributed by atoms with Gasteiger partial charge in [0.25, 0.3) is 5.91 Å². The zero-order chi connectivity index (χ0) is 18.5. The number of nitrogens with zero attached hydrogens (tertiary/aromatic N) is 1. The Bertz CT molecular complexity index is 713. The van der Waals surface area contributed by atoms with E-state index < -0.39 is 0 Å². The molecule has 1 amide bonds. The summed E-state index contributed by atoms with van der Waals surface area (Å²) in [6, 6.07) is 16.4. The second-order valence-electron chi connectivity index (χ2n) is 7.76. The highest BCUT2D eigenvalue weighted by Crippen LogP contribution is 2.19. The van der Waals surface area contributed by atoms with E-state index in [-0.39, 0.29) is 11.9 Å². The van der Waals surface area contributed by atoms with E-state index in [0.29, 0.717) is 0 Å². The normalized spacial score (nSPS) is 17.0. The molecular formula is C23H30N2O. The number of hydrogen-bond acceptors (Lipinski definition) is 2. The molecule has 1 saturated heterocycles. The van der Waals surface area contributed by atoms with Crippen molar-refractivity contribution in [1.29, 1.82) is 0 Å². The van der Waals surface area contributed by atoms with Crippen molar-refractivity contribution in [3.8, 4) is 0 Å². The van der Waals surface area contributed by atoms with Gasteiger partial charge in [0.2, 0.25) is 0 Å². The molecule has 2 aromatic rings. The van der Waals surface area contributed by atoms with Gasteiger partial charge in [-0.25, -0.2) is 0 Å². The Balaban J connectivity index is 1.55. The average molecular weight is 351 g/mol. The maximum atomic E-state index is 12.5. The largest absolute Gasteiger partial charge is 0.346 e. The molecule has 0 bridgehead atoms. The van der Waals surface area contributed by atoms with Gasteiger partial charge in [-0.05, 0) is 69.0 Å². The van der Waals surface area contributed by atoms with Crippen LogP contribution in [-0.4, -0.2) is 23.9 Å².